The van der Waals surface area contributed by atoms with Crippen molar-refractivity contribution in [2.24, 2.45) is 5.92 Å². The molecular weight excluding hydrogens is 208 g/mol. The number of hydrogen-bond donors (Lipinski definition) is 1. The minimum absolute atomic E-state index is 0.112. The Morgan fingerprint density at radius 3 is 2.81 bits per heavy atom. The Balaban J connectivity index is 1.84. The number of benzene rings is 1. The van der Waals surface area contributed by atoms with Gasteiger partial charge in [-0.2, -0.15) is 0 Å². The molecule has 1 fully saturated rings. The third-order valence-corrected chi connectivity index (χ3v) is 2.47. The quantitative estimate of drug-likeness (QED) is 0.592. The molecule has 0 radical (unpaired) electrons. The number of rotatable bonds is 6. The molecular formula is C12H14O4. The number of para-hydroxylation sites is 1. The Bertz CT molecular complexity index is 371. The van der Waals surface area contributed by atoms with Crippen LogP contribution < -0.4 is 4.74 Å². The average molecular weight is 222 g/mol. The molecule has 0 amide bonds. The highest BCUT2D eigenvalue weighted by Crippen LogP contribution is 2.28. The maximum Gasteiger partial charge on any atom is 0.339 e. The van der Waals surface area contributed by atoms with Crippen molar-refractivity contribution < 1.29 is 19.4 Å². The predicted molar refractivity (Wildman–Crippen MR) is 57.6 cm³/mol. The van der Waals surface area contributed by atoms with Gasteiger partial charge in [-0.25, -0.2) is 4.79 Å². The van der Waals surface area contributed by atoms with Gasteiger partial charge in [0.25, 0.3) is 0 Å². The smallest absolute Gasteiger partial charge is 0.339 e. The molecule has 1 aliphatic rings. The predicted octanol–water partition coefficient (Wildman–Crippen LogP) is 2.15. The molecule has 0 aromatic heterocycles. The fourth-order valence-corrected chi connectivity index (χ4v) is 1.37. The van der Waals surface area contributed by atoms with Crippen LogP contribution in [0.3, 0.4) is 0 Å². The molecule has 1 aliphatic carbocycles. The minimum atomic E-state index is -0.988. The zero-order chi connectivity index (χ0) is 11.4. The first-order valence-corrected chi connectivity index (χ1v) is 5.30. The molecule has 4 nitrogen and oxygen atoms in total. The van der Waals surface area contributed by atoms with E-state index in [9.17, 15) is 4.79 Å². The summed E-state index contributed by atoms with van der Waals surface area (Å²) in [5, 5.41) is 8.90. The van der Waals surface area contributed by atoms with E-state index in [1.807, 2.05) is 0 Å². The first-order chi connectivity index (χ1) is 7.77. The Labute approximate surface area is 93.8 Å². The van der Waals surface area contributed by atoms with Crippen molar-refractivity contribution in [3.05, 3.63) is 29.8 Å². The number of carbonyl (C=O) groups is 1. The Morgan fingerprint density at radius 2 is 2.12 bits per heavy atom. The fourth-order valence-electron chi connectivity index (χ4n) is 1.37. The first kappa shape index (κ1) is 11.0. The lowest BCUT2D eigenvalue weighted by Crippen LogP contribution is -2.08. The summed E-state index contributed by atoms with van der Waals surface area (Å²) in [4.78, 5) is 10.9. The molecule has 0 unspecified atom stereocenters. The molecule has 4 heteroatoms. The van der Waals surface area contributed by atoms with E-state index in [1.54, 1.807) is 18.2 Å². The number of aromatic carboxylic acids is 1. The second kappa shape index (κ2) is 4.99. The molecule has 1 saturated carbocycles. The van der Waals surface area contributed by atoms with E-state index >= 15 is 0 Å². The second-order valence-electron chi connectivity index (χ2n) is 3.88. The lowest BCUT2D eigenvalue weighted by atomic mass is 10.2. The second-order valence-corrected chi connectivity index (χ2v) is 3.88. The summed E-state index contributed by atoms with van der Waals surface area (Å²) in [5.41, 5.74) is 0.164. The Hall–Kier alpha value is -1.55. The van der Waals surface area contributed by atoms with Crippen molar-refractivity contribution in [3.63, 3.8) is 0 Å². The Morgan fingerprint density at radius 1 is 1.38 bits per heavy atom. The monoisotopic (exact) mass is 222 g/mol. The summed E-state index contributed by atoms with van der Waals surface area (Å²) < 4.78 is 10.6. The lowest BCUT2D eigenvalue weighted by molar-refractivity contribution is 0.00919. The summed E-state index contributed by atoms with van der Waals surface area (Å²) in [7, 11) is 0. The number of carboxylic acid groups (broad SMARTS) is 1. The molecule has 0 saturated heterocycles. The van der Waals surface area contributed by atoms with Gasteiger partial charge < -0.3 is 14.6 Å². The van der Waals surface area contributed by atoms with Crippen LogP contribution in [0.4, 0.5) is 0 Å². The van der Waals surface area contributed by atoms with Gasteiger partial charge in [-0.15, -0.1) is 0 Å². The van der Waals surface area contributed by atoms with Crippen LogP contribution in [0.2, 0.25) is 0 Å². The minimum Gasteiger partial charge on any atom is -0.478 e. The van der Waals surface area contributed by atoms with Gasteiger partial charge in [0.2, 0.25) is 0 Å². The van der Waals surface area contributed by atoms with Crippen LogP contribution in [-0.4, -0.2) is 24.5 Å². The summed E-state index contributed by atoms with van der Waals surface area (Å²) in [6.07, 6.45) is 2.46. The normalized spacial score (nSPS) is 14.8. The maximum atomic E-state index is 10.9. The van der Waals surface area contributed by atoms with Gasteiger partial charge in [-0.3, -0.25) is 0 Å². The number of ether oxygens (including phenoxy) is 2. The topological polar surface area (TPSA) is 55.8 Å². The molecule has 0 spiro atoms. The van der Waals surface area contributed by atoms with Crippen LogP contribution >= 0.6 is 0 Å². The molecule has 0 bridgehead atoms. The summed E-state index contributed by atoms with van der Waals surface area (Å²) >= 11 is 0. The van der Waals surface area contributed by atoms with E-state index in [0.29, 0.717) is 18.3 Å². The van der Waals surface area contributed by atoms with Gasteiger partial charge in [0.15, 0.2) is 6.79 Å². The highest BCUT2D eigenvalue weighted by atomic mass is 16.7. The fraction of sp³-hybridized carbons (Fsp3) is 0.417. The van der Waals surface area contributed by atoms with E-state index in [2.05, 4.69) is 0 Å². The summed E-state index contributed by atoms with van der Waals surface area (Å²) in [5.74, 6) is 0.0434. The lowest BCUT2D eigenvalue weighted by Gasteiger charge is -2.08. The van der Waals surface area contributed by atoms with Crippen molar-refractivity contribution in [2.75, 3.05) is 13.4 Å². The standard InChI is InChI=1S/C12H14O4/c13-12(14)10-3-1-2-4-11(10)16-8-15-7-9-5-6-9/h1-4,9H,5-8H2,(H,13,14). The molecule has 1 aromatic rings. The van der Waals surface area contributed by atoms with Crippen LogP contribution in [0.5, 0.6) is 5.75 Å². The molecule has 1 N–H and O–H groups in total. The van der Waals surface area contributed by atoms with E-state index in [4.69, 9.17) is 14.6 Å². The van der Waals surface area contributed by atoms with Gasteiger partial charge in [-0.1, -0.05) is 12.1 Å². The first-order valence-electron chi connectivity index (χ1n) is 5.30. The SMILES string of the molecule is O=C(O)c1ccccc1OCOCC1CC1. The van der Waals surface area contributed by atoms with Crippen LogP contribution in [-0.2, 0) is 4.74 Å². The van der Waals surface area contributed by atoms with Gasteiger partial charge in [0.1, 0.15) is 11.3 Å². The van der Waals surface area contributed by atoms with Gasteiger partial charge in [0.05, 0.1) is 6.61 Å². The maximum absolute atomic E-state index is 10.9. The molecule has 2 rings (SSSR count). The van der Waals surface area contributed by atoms with Crippen molar-refractivity contribution in [1.29, 1.82) is 0 Å². The van der Waals surface area contributed by atoms with E-state index < -0.39 is 5.97 Å². The van der Waals surface area contributed by atoms with Crippen molar-refractivity contribution >= 4 is 5.97 Å². The van der Waals surface area contributed by atoms with E-state index in [1.165, 1.54) is 18.9 Å². The van der Waals surface area contributed by atoms with Crippen molar-refractivity contribution in [2.45, 2.75) is 12.8 Å². The van der Waals surface area contributed by atoms with Gasteiger partial charge in [0, 0.05) is 0 Å². The number of carboxylic acids is 1. The zero-order valence-corrected chi connectivity index (χ0v) is 8.89. The third-order valence-electron chi connectivity index (χ3n) is 2.47. The van der Waals surface area contributed by atoms with Gasteiger partial charge >= 0.3 is 5.97 Å². The van der Waals surface area contributed by atoms with Crippen molar-refractivity contribution in [3.8, 4) is 5.75 Å². The largest absolute Gasteiger partial charge is 0.478 e. The molecule has 0 atom stereocenters. The van der Waals surface area contributed by atoms with Gasteiger partial charge in [-0.05, 0) is 30.9 Å². The highest BCUT2D eigenvalue weighted by molar-refractivity contribution is 5.90. The summed E-state index contributed by atoms with van der Waals surface area (Å²) in [6, 6.07) is 6.55. The molecule has 0 heterocycles. The third kappa shape index (κ3) is 2.97. The molecule has 1 aromatic carbocycles. The zero-order valence-electron chi connectivity index (χ0n) is 8.89. The van der Waals surface area contributed by atoms with Crippen LogP contribution in [0, 0.1) is 5.92 Å². The van der Waals surface area contributed by atoms with E-state index in [0.717, 1.165) is 0 Å². The molecule has 86 valence electrons. The summed E-state index contributed by atoms with van der Waals surface area (Å²) in [6.45, 7) is 0.816. The van der Waals surface area contributed by atoms with Crippen molar-refractivity contribution in [1.82, 2.24) is 0 Å². The Kier molecular flexibility index (Phi) is 3.41. The van der Waals surface area contributed by atoms with E-state index in [-0.39, 0.29) is 12.4 Å². The van der Waals surface area contributed by atoms with Crippen LogP contribution in [0.1, 0.15) is 23.2 Å². The van der Waals surface area contributed by atoms with Crippen LogP contribution in [0.15, 0.2) is 24.3 Å². The molecule has 16 heavy (non-hydrogen) atoms. The van der Waals surface area contributed by atoms with Crippen LogP contribution in [0.25, 0.3) is 0 Å². The molecule has 0 aliphatic heterocycles. The number of hydrogen-bond acceptors (Lipinski definition) is 3. The highest BCUT2D eigenvalue weighted by Gasteiger charge is 2.21. The average Bonchev–Trinajstić information content (AvgIpc) is 3.08.